The molecule has 73 heavy (non-hydrogen) atoms. The van der Waals surface area contributed by atoms with E-state index in [-0.39, 0.29) is 26.1 Å². The Morgan fingerprint density at radius 2 is 0.863 bits per heavy atom. The minimum absolute atomic E-state index is 0.152. The van der Waals surface area contributed by atoms with Gasteiger partial charge >= 0.3 is 11.9 Å². The van der Waals surface area contributed by atoms with Crippen molar-refractivity contribution in [1.82, 2.24) is 0 Å². The lowest BCUT2D eigenvalue weighted by Gasteiger charge is -2.42. The molecule has 15 nitrogen and oxygen atoms in total. The number of aliphatic hydroxyl groups is 7. The van der Waals surface area contributed by atoms with Crippen LogP contribution in [0.5, 0.6) is 0 Å². The SMILES string of the molecule is CC/C=C\C/C=C\C/C=C\C/C=C\CCCCCCCCCCC(=O)OC(COC(=O)CCCCCCC/C=C\CCCCCCCCC)COC1OC(COC2OC(CO)C(O)C(O)C2O)C(O)C(O)C1O. The van der Waals surface area contributed by atoms with E-state index in [4.69, 9.17) is 28.4 Å². The number of aliphatic hydroxyl groups excluding tert-OH is 7. The largest absolute Gasteiger partial charge is 0.462 e. The second-order valence-electron chi connectivity index (χ2n) is 19.7. The Morgan fingerprint density at radius 3 is 1.37 bits per heavy atom. The van der Waals surface area contributed by atoms with Crippen molar-refractivity contribution in [3.8, 4) is 0 Å². The minimum Gasteiger partial charge on any atom is -0.462 e. The molecule has 2 rings (SSSR count). The van der Waals surface area contributed by atoms with Gasteiger partial charge in [0.05, 0.1) is 19.8 Å². The van der Waals surface area contributed by atoms with Gasteiger partial charge in [0.2, 0.25) is 0 Å². The highest BCUT2D eigenvalue weighted by molar-refractivity contribution is 5.70. The van der Waals surface area contributed by atoms with Crippen molar-refractivity contribution < 1.29 is 73.8 Å². The first-order valence-corrected chi connectivity index (χ1v) is 28.4. The third-order valence-electron chi connectivity index (χ3n) is 13.2. The van der Waals surface area contributed by atoms with Gasteiger partial charge in [0, 0.05) is 12.8 Å². The summed E-state index contributed by atoms with van der Waals surface area (Å²) in [6.45, 7) is 2.47. The molecule has 2 saturated heterocycles. The fourth-order valence-electron chi connectivity index (χ4n) is 8.61. The molecule has 2 heterocycles. The van der Waals surface area contributed by atoms with E-state index < -0.39 is 92.7 Å². The maximum absolute atomic E-state index is 13.1. The number of esters is 2. The molecule has 422 valence electrons. The van der Waals surface area contributed by atoms with Crippen LogP contribution in [-0.2, 0) is 38.0 Å². The lowest BCUT2D eigenvalue weighted by molar-refractivity contribution is -0.332. The normalized spacial score (nSPS) is 25.3. The van der Waals surface area contributed by atoms with E-state index in [1.807, 2.05) is 0 Å². The Labute approximate surface area is 439 Å². The Bertz CT molecular complexity index is 1500. The summed E-state index contributed by atoms with van der Waals surface area (Å²) in [4.78, 5) is 25.9. The van der Waals surface area contributed by atoms with E-state index in [2.05, 4.69) is 74.6 Å². The molecule has 0 aromatic rings. The average molecular weight is 1040 g/mol. The molecule has 15 heteroatoms. The second-order valence-corrected chi connectivity index (χ2v) is 19.7. The maximum Gasteiger partial charge on any atom is 0.306 e. The maximum atomic E-state index is 13.1. The van der Waals surface area contributed by atoms with Gasteiger partial charge in [-0.1, -0.05) is 171 Å². The summed E-state index contributed by atoms with van der Waals surface area (Å²) >= 11 is 0. The van der Waals surface area contributed by atoms with Crippen molar-refractivity contribution >= 4 is 11.9 Å². The van der Waals surface area contributed by atoms with E-state index in [0.717, 1.165) is 96.3 Å². The highest BCUT2D eigenvalue weighted by Gasteiger charge is 2.47. The Morgan fingerprint density at radius 1 is 0.452 bits per heavy atom. The molecule has 0 aromatic heterocycles. The van der Waals surface area contributed by atoms with Gasteiger partial charge in [0.15, 0.2) is 18.7 Å². The fourth-order valence-corrected chi connectivity index (χ4v) is 8.61. The van der Waals surface area contributed by atoms with Crippen LogP contribution in [0.1, 0.15) is 200 Å². The Balaban J connectivity index is 1.77. The first kappa shape index (κ1) is 66.3. The topological polar surface area (TPSA) is 231 Å². The summed E-state index contributed by atoms with van der Waals surface area (Å²) in [7, 11) is 0. The summed E-state index contributed by atoms with van der Waals surface area (Å²) in [6, 6.07) is 0. The van der Waals surface area contributed by atoms with Gasteiger partial charge in [-0.2, -0.15) is 0 Å². The third-order valence-corrected chi connectivity index (χ3v) is 13.2. The number of carbonyl (C=O) groups is 2. The van der Waals surface area contributed by atoms with E-state index >= 15 is 0 Å². The Kier molecular flexibility index (Phi) is 40.3. The van der Waals surface area contributed by atoms with Crippen molar-refractivity contribution in [2.45, 2.75) is 268 Å². The summed E-state index contributed by atoms with van der Waals surface area (Å²) in [5, 5.41) is 72.2. The zero-order valence-corrected chi connectivity index (χ0v) is 44.9. The molecule has 2 aliphatic heterocycles. The number of unbranched alkanes of at least 4 members (excludes halogenated alkanes) is 20. The molecular formula is C58H100O15. The van der Waals surface area contributed by atoms with E-state index in [1.165, 1.54) is 64.2 Å². The molecule has 0 saturated carbocycles. The molecule has 0 aliphatic carbocycles. The molecule has 0 radical (unpaired) electrons. The van der Waals surface area contributed by atoms with Crippen LogP contribution in [0.25, 0.3) is 0 Å². The summed E-state index contributed by atoms with van der Waals surface area (Å²) in [5.41, 5.74) is 0. The molecule has 2 aliphatic rings. The second kappa shape index (κ2) is 44.3. The molecule has 0 spiro atoms. The van der Waals surface area contributed by atoms with Crippen LogP contribution in [0.15, 0.2) is 60.8 Å². The quantitative estimate of drug-likeness (QED) is 0.0171. The van der Waals surface area contributed by atoms with Gasteiger partial charge in [-0.05, 0) is 77.0 Å². The zero-order valence-electron chi connectivity index (χ0n) is 44.9. The van der Waals surface area contributed by atoms with Gasteiger partial charge in [-0.3, -0.25) is 9.59 Å². The number of carbonyl (C=O) groups excluding carboxylic acids is 2. The highest BCUT2D eigenvalue weighted by atomic mass is 16.7. The third kappa shape index (κ3) is 31.8. The lowest BCUT2D eigenvalue weighted by Crippen LogP contribution is -2.61. The van der Waals surface area contributed by atoms with Crippen LogP contribution in [0.4, 0.5) is 0 Å². The number of rotatable bonds is 44. The molecular weight excluding hydrogens is 937 g/mol. The molecule has 11 atom stereocenters. The van der Waals surface area contributed by atoms with Crippen molar-refractivity contribution in [3.63, 3.8) is 0 Å². The predicted octanol–water partition coefficient (Wildman–Crippen LogP) is 9.22. The average Bonchev–Trinajstić information content (AvgIpc) is 3.38. The molecule has 2 fully saturated rings. The summed E-state index contributed by atoms with van der Waals surface area (Å²) < 4.78 is 33.7. The zero-order chi connectivity index (χ0) is 53.2. The van der Waals surface area contributed by atoms with Crippen LogP contribution in [0, 0.1) is 0 Å². The van der Waals surface area contributed by atoms with Gasteiger partial charge in [0.25, 0.3) is 0 Å². The molecule has 7 N–H and O–H groups in total. The molecule has 0 aromatic carbocycles. The minimum atomic E-state index is -1.77. The smallest absolute Gasteiger partial charge is 0.306 e. The van der Waals surface area contributed by atoms with Crippen molar-refractivity contribution in [2.75, 3.05) is 26.4 Å². The van der Waals surface area contributed by atoms with Crippen molar-refractivity contribution in [2.24, 2.45) is 0 Å². The summed E-state index contributed by atoms with van der Waals surface area (Å²) in [5.74, 6) is -0.943. The van der Waals surface area contributed by atoms with Gasteiger partial charge in [-0.15, -0.1) is 0 Å². The number of ether oxygens (including phenoxy) is 6. The van der Waals surface area contributed by atoms with Crippen molar-refractivity contribution in [3.05, 3.63) is 60.8 Å². The number of hydrogen-bond acceptors (Lipinski definition) is 15. The summed E-state index contributed by atoms with van der Waals surface area (Å²) in [6.07, 6.45) is 35.2. The van der Waals surface area contributed by atoms with E-state index in [9.17, 15) is 45.3 Å². The highest BCUT2D eigenvalue weighted by Crippen LogP contribution is 2.26. The van der Waals surface area contributed by atoms with Crippen molar-refractivity contribution in [1.29, 1.82) is 0 Å². The predicted molar refractivity (Wildman–Crippen MR) is 284 cm³/mol. The van der Waals surface area contributed by atoms with Crippen LogP contribution < -0.4 is 0 Å². The molecule has 0 amide bonds. The van der Waals surface area contributed by atoms with Crippen LogP contribution >= 0.6 is 0 Å². The first-order valence-electron chi connectivity index (χ1n) is 28.4. The van der Waals surface area contributed by atoms with E-state index in [0.29, 0.717) is 12.8 Å². The molecule has 0 bridgehead atoms. The fraction of sp³-hybridized carbons (Fsp3) is 0.793. The first-order chi connectivity index (χ1) is 35.5. The standard InChI is InChI=1S/C58H100O15/c1-3-5-7-9-11-13-15-17-19-21-22-23-24-25-27-29-31-33-35-37-39-41-50(61)71-46(43-68-49(60)40-38-36-34-32-30-28-26-20-18-16-14-12-10-8-6-4-2)44-69-57-56(67)54(65)52(63)48(73-57)45-70-58-55(66)53(64)51(62)47(42-59)72-58/h5,7,11,13,17,19-20,22-23,26,46-48,51-59,62-67H,3-4,6,8-10,12,14-16,18,21,24-25,27-45H2,1-2H3/b7-5-,13-11-,19-17-,23-22-,26-20-. The van der Waals surface area contributed by atoms with Crippen LogP contribution in [-0.4, -0.2) is 142 Å². The van der Waals surface area contributed by atoms with Gasteiger partial charge in [-0.25, -0.2) is 0 Å². The number of hydrogen-bond donors (Lipinski definition) is 7. The van der Waals surface area contributed by atoms with Crippen LogP contribution in [0.2, 0.25) is 0 Å². The van der Waals surface area contributed by atoms with E-state index in [1.54, 1.807) is 0 Å². The Hall–Kier alpha value is -2.80. The van der Waals surface area contributed by atoms with Gasteiger partial charge in [0.1, 0.15) is 55.4 Å². The molecule has 11 unspecified atom stereocenters. The van der Waals surface area contributed by atoms with Gasteiger partial charge < -0.3 is 64.2 Å². The number of allylic oxidation sites excluding steroid dienone is 10. The monoisotopic (exact) mass is 1040 g/mol. The van der Waals surface area contributed by atoms with Crippen LogP contribution in [0.3, 0.4) is 0 Å². The lowest BCUT2D eigenvalue weighted by atomic mass is 9.98.